The molecule has 8 heterocycles. The molecular weight excluding hydrogens is 1080 g/mol. The van der Waals surface area contributed by atoms with Gasteiger partial charge in [0.1, 0.15) is 22.4 Å². The molecule has 8 saturated heterocycles. The Labute approximate surface area is 513 Å². The molecule has 0 amide bonds. The van der Waals surface area contributed by atoms with E-state index in [-0.39, 0.29) is 125 Å². The minimum atomic E-state index is -0.430. The highest BCUT2D eigenvalue weighted by Gasteiger charge is 2.66. The summed E-state index contributed by atoms with van der Waals surface area (Å²) in [4.78, 5) is 50.7. The van der Waals surface area contributed by atoms with Gasteiger partial charge >= 0.3 is 23.9 Å². The molecule has 0 spiro atoms. The van der Waals surface area contributed by atoms with Gasteiger partial charge in [0.2, 0.25) is 0 Å². The summed E-state index contributed by atoms with van der Waals surface area (Å²) in [6, 6.07) is 0. The normalized spacial score (nSPS) is 42.6. The molecule has 486 valence electrons. The zero-order chi connectivity index (χ0) is 61.2. The van der Waals surface area contributed by atoms with Crippen LogP contribution in [-0.4, -0.2) is 120 Å². The number of carbonyl (C=O) groups is 4. The van der Waals surface area contributed by atoms with E-state index in [9.17, 15) is 19.2 Å². The lowest BCUT2D eigenvalue weighted by Crippen LogP contribution is -2.43. The second-order valence-corrected chi connectivity index (χ2v) is 29.5. The van der Waals surface area contributed by atoms with Crippen LogP contribution in [0, 0.1) is 59.2 Å². The molecule has 4 aliphatic carbocycles. The Bertz CT molecular complexity index is 2200. The Morgan fingerprint density at radius 1 is 0.412 bits per heavy atom. The number of ether oxygens (including phenoxy) is 10. The quantitative estimate of drug-likeness (QED) is 0.0942. The van der Waals surface area contributed by atoms with Gasteiger partial charge in [0.25, 0.3) is 0 Å². The third kappa shape index (κ3) is 14.0. The molecule has 6 bridgehead atoms. The molecule has 12 fully saturated rings. The highest BCUT2D eigenvalue weighted by molar-refractivity contribution is 5.76. The monoisotopic (exact) mass is 1190 g/mol. The van der Waals surface area contributed by atoms with Crippen LogP contribution < -0.4 is 0 Å². The molecule has 4 saturated carbocycles. The summed E-state index contributed by atoms with van der Waals surface area (Å²) in [5.41, 5.74) is -0.941. The van der Waals surface area contributed by atoms with Crippen LogP contribution in [0.4, 0.5) is 0 Å². The smallest absolute Gasteiger partial charge is 0.312 e. The fraction of sp³-hybridized carbons (Fsp3) is 0.944. The Balaban J connectivity index is 0.000000136. The molecule has 0 aromatic rings. The first kappa shape index (κ1) is 67.0. The molecule has 85 heavy (non-hydrogen) atoms. The molecule has 12 aliphatic rings. The molecule has 0 N–H and O–H groups in total. The molecule has 14 heteroatoms. The van der Waals surface area contributed by atoms with E-state index in [0.717, 1.165) is 134 Å². The summed E-state index contributed by atoms with van der Waals surface area (Å²) < 4.78 is 60.6. The molecule has 23 atom stereocenters. The first-order valence-electron chi connectivity index (χ1n) is 35.6. The SMILES string of the molecule is CCC1CC(C(=O)OC2(CC)CC3CCC2C3)C(CC)O1.CCC1CC(C(=O)OC2(CC)CCCC2)C(CC)O1.CCC1OC(CC)C2C3OC(CC3C(=O)OC(C)(C)C)C12.CCC1OC(CC)C2C3OC(CC3C(=O)OC3(CC)CCCC3)C12. The van der Waals surface area contributed by atoms with Gasteiger partial charge in [-0.1, -0.05) is 76.2 Å². The topological polar surface area (TPSA) is 161 Å². The number of esters is 4. The van der Waals surface area contributed by atoms with Crippen molar-refractivity contribution in [1.82, 2.24) is 0 Å². The molecular formula is C71H118O14. The average Bonchev–Trinajstić information content (AvgIpc) is 1.67. The van der Waals surface area contributed by atoms with E-state index in [4.69, 9.17) is 47.4 Å². The number of fused-ring (bicyclic) bond motifs is 12. The standard InChI is InChI=1S/C20H32O4.C18H30O3.C17H28O4.C16H28O3/c1-4-13-16-15-11-12(18(23-15)17(16)14(5-2)22-13)19(21)24-20(6-3)9-7-8-10-20;1-4-14-10-15(16(5-2)20-14)17(19)21-18(6-3)11-12-7-8-13(18)9-12;1-6-10-13-12-8-9(16(18)21-17(3,4)5)15(20-12)14(13)11(7-2)19-10;1-4-12-11-13(14(5-2)18-12)15(17)19-16(6-3)9-7-8-10-16/h12-18H,4-11H2,1-3H3;12-16H,4-11H2,1-3H3;9-15H,6-8H2,1-5H3;12-14H,4-11H2,1-3H3. The van der Waals surface area contributed by atoms with Crippen LogP contribution >= 0.6 is 0 Å². The summed E-state index contributed by atoms with van der Waals surface area (Å²) in [6.07, 6.45) is 30.0. The fourth-order valence-corrected chi connectivity index (χ4v) is 19.1. The predicted octanol–water partition coefficient (Wildman–Crippen LogP) is 14.7. The highest BCUT2D eigenvalue weighted by Crippen LogP contribution is 2.58. The second-order valence-electron chi connectivity index (χ2n) is 29.5. The molecule has 14 nitrogen and oxygen atoms in total. The van der Waals surface area contributed by atoms with Crippen molar-refractivity contribution in [1.29, 1.82) is 0 Å². The van der Waals surface area contributed by atoms with E-state index >= 15 is 0 Å². The first-order chi connectivity index (χ1) is 40.7. The van der Waals surface area contributed by atoms with E-state index in [1.165, 1.54) is 44.9 Å². The summed E-state index contributed by atoms with van der Waals surface area (Å²) in [7, 11) is 0. The van der Waals surface area contributed by atoms with E-state index in [1.54, 1.807) is 0 Å². The van der Waals surface area contributed by atoms with Gasteiger partial charge in [-0.25, -0.2) is 0 Å². The summed E-state index contributed by atoms with van der Waals surface area (Å²) >= 11 is 0. The lowest BCUT2D eigenvalue weighted by Gasteiger charge is -2.37. The van der Waals surface area contributed by atoms with Crippen molar-refractivity contribution >= 4 is 23.9 Å². The van der Waals surface area contributed by atoms with Crippen LogP contribution in [0.1, 0.15) is 270 Å². The van der Waals surface area contributed by atoms with E-state index < -0.39 is 5.60 Å². The van der Waals surface area contributed by atoms with Gasteiger partial charge in [-0.3, -0.25) is 19.2 Å². The van der Waals surface area contributed by atoms with Crippen molar-refractivity contribution in [3.63, 3.8) is 0 Å². The molecule has 8 aliphatic heterocycles. The molecule has 0 aromatic carbocycles. The van der Waals surface area contributed by atoms with Crippen molar-refractivity contribution in [2.45, 2.75) is 366 Å². The average molecular weight is 1200 g/mol. The van der Waals surface area contributed by atoms with Crippen molar-refractivity contribution < 1.29 is 66.5 Å². The lowest BCUT2D eigenvalue weighted by molar-refractivity contribution is -0.173. The van der Waals surface area contributed by atoms with E-state index in [0.29, 0.717) is 41.8 Å². The molecule has 23 unspecified atom stereocenters. The maximum absolute atomic E-state index is 12.9. The number of hydrogen-bond acceptors (Lipinski definition) is 14. The van der Waals surface area contributed by atoms with Crippen LogP contribution in [-0.2, 0) is 66.5 Å². The minimum absolute atomic E-state index is 0.000462. The Morgan fingerprint density at radius 3 is 1.16 bits per heavy atom. The van der Waals surface area contributed by atoms with Gasteiger partial charge in [-0.05, 0) is 206 Å². The zero-order valence-electron chi connectivity index (χ0n) is 55.5. The van der Waals surface area contributed by atoms with Crippen molar-refractivity contribution in [3.05, 3.63) is 0 Å². The molecule has 0 radical (unpaired) electrons. The third-order valence-electron chi connectivity index (χ3n) is 23.7. The number of rotatable bonds is 18. The van der Waals surface area contributed by atoms with E-state index in [2.05, 4.69) is 76.2 Å². The second kappa shape index (κ2) is 28.4. The van der Waals surface area contributed by atoms with Crippen molar-refractivity contribution in [3.8, 4) is 0 Å². The lowest BCUT2D eigenvalue weighted by atomic mass is 9.70. The van der Waals surface area contributed by atoms with Crippen LogP contribution in [0.5, 0.6) is 0 Å². The molecule has 0 aromatic heterocycles. The number of hydrogen-bond donors (Lipinski definition) is 0. The minimum Gasteiger partial charge on any atom is -0.460 e. The van der Waals surface area contributed by atoms with Crippen LogP contribution in [0.3, 0.4) is 0 Å². The predicted molar refractivity (Wildman–Crippen MR) is 326 cm³/mol. The zero-order valence-corrected chi connectivity index (χ0v) is 55.5. The maximum Gasteiger partial charge on any atom is 0.312 e. The van der Waals surface area contributed by atoms with Crippen molar-refractivity contribution in [2.24, 2.45) is 59.2 Å². The highest BCUT2D eigenvalue weighted by atomic mass is 16.6. The van der Waals surface area contributed by atoms with Gasteiger partial charge in [0.15, 0.2) is 0 Å². The molecule has 12 rings (SSSR count). The van der Waals surface area contributed by atoms with Crippen LogP contribution in [0.15, 0.2) is 0 Å². The Hall–Kier alpha value is -2.36. The van der Waals surface area contributed by atoms with Gasteiger partial charge < -0.3 is 47.4 Å². The Morgan fingerprint density at radius 2 is 0.812 bits per heavy atom. The summed E-state index contributed by atoms with van der Waals surface area (Å²) in [5.74, 6) is 2.78. The van der Waals surface area contributed by atoms with Crippen LogP contribution in [0.2, 0.25) is 0 Å². The van der Waals surface area contributed by atoms with Gasteiger partial charge in [-0.15, -0.1) is 0 Å². The van der Waals surface area contributed by atoms with E-state index in [1.807, 2.05) is 20.8 Å². The fourth-order valence-electron chi connectivity index (χ4n) is 19.1. The first-order valence-corrected chi connectivity index (χ1v) is 35.6. The van der Waals surface area contributed by atoms with Gasteiger partial charge in [0, 0.05) is 23.7 Å². The third-order valence-corrected chi connectivity index (χ3v) is 23.7. The Kier molecular flexibility index (Phi) is 22.4. The van der Waals surface area contributed by atoms with Gasteiger partial charge in [-0.2, -0.15) is 0 Å². The summed E-state index contributed by atoms with van der Waals surface area (Å²) in [5, 5.41) is 0. The van der Waals surface area contributed by atoms with Crippen LogP contribution in [0.25, 0.3) is 0 Å². The van der Waals surface area contributed by atoms with Gasteiger partial charge in [0.05, 0.1) is 96.9 Å². The largest absolute Gasteiger partial charge is 0.460 e. The maximum atomic E-state index is 12.9. The van der Waals surface area contributed by atoms with Crippen molar-refractivity contribution in [2.75, 3.05) is 0 Å². The summed E-state index contributed by atoms with van der Waals surface area (Å²) in [6.45, 7) is 29.4. The number of carbonyl (C=O) groups excluding carboxylic acids is 4.